The van der Waals surface area contributed by atoms with Crippen LogP contribution in [0.2, 0.25) is 0 Å². The molecule has 0 spiro atoms. The number of benzene rings is 5. The number of aryl methyl sites for hydroxylation is 2. The first-order chi connectivity index (χ1) is 56.7. The normalized spacial score (nSPS) is 15.6. The number of pyridine rings is 3. The number of carboxylic acid groups (broad SMARTS) is 1. The van der Waals surface area contributed by atoms with Crippen molar-refractivity contribution in [1.82, 2.24) is 68.9 Å². The molecule has 5 aromatic carbocycles. The summed E-state index contributed by atoms with van der Waals surface area (Å²) in [7, 11) is 4.00. The lowest BCUT2D eigenvalue weighted by molar-refractivity contribution is -0.196. The molecule has 126 heavy (non-hydrogen) atoms. The highest BCUT2D eigenvalue weighted by atomic mass is 32.2. The number of amides is 2. The molecule has 3 fully saturated rings. The van der Waals surface area contributed by atoms with Gasteiger partial charge in [-0.2, -0.15) is 161 Å². The van der Waals surface area contributed by atoms with E-state index in [1.807, 2.05) is 108 Å². The van der Waals surface area contributed by atoms with E-state index in [-0.39, 0.29) is 173 Å². The zero-order valence-electron chi connectivity index (χ0n) is 70.6. The summed E-state index contributed by atoms with van der Waals surface area (Å²) in [6, 6.07) is 39.8. The van der Waals surface area contributed by atoms with Crippen molar-refractivity contribution in [2.24, 2.45) is 22.0 Å². The Kier molecular flexibility index (Phi) is 38.8. The molecule has 14 rings (SSSR count). The lowest BCUT2D eigenvalue weighted by atomic mass is 9.80. The smallest absolute Gasteiger partial charge is 0.395 e. The number of likely N-dealkylation sites (N-methyl/N-ethyl adjacent to an activating group) is 3. The van der Waals surface area contributed by atoms with Crippen LogP contribution in [0, 0.1) is 30.1 Å². The number of rotatable bonds is 30. The van der Waals surface area contributed by atoms with Gasteiger partial charge in [0.25, 0.3) is 20.0 Å². The van der Waals surface area contributed by atoms with Crippen molar-refractivity contribution in [3.8, 4) is 0 Å². The average molecular weight is 1910 g/mol. The topological polar surface area (TPSA) is 303 Å². The zero-order chi connectivity index (χ0) is 86.9. The number of nitrogens with one attached hydrogen (secondary N) is 3. The molecule has 3 saturated carbocycles. The largest absolute Gasteiger partial charge is 0.481 e. The summed E-state index contributed by atoms with van der Waals surface area (Å²) in [5, 5.41) is 32.3. The Morgan fingerprint density at radius 1 is 0.452 bits per heavy atom. The second kappa shape index (κ2) is 45.2. The SMILES string of the molecule is CN(C)[C@H](CNC(=O)C[C@@H](c1ccncc1)C1(C(F)(F)F)CC1)Cc1ccc2[nH]ncc2c1.Cc1ccc(S(=O)(=O)n2ncc3cc(C[C@@H](CN)N(C)C)ccc32)cc1.Cc1ccc(S(=O)(=O)n2ncc3cc(C[C@@H](CNC(=O)C[C@@H](c4ccncc4)C4(C(F)(F)F)CC4)N(C)C)ccc32)cc1.O=C(O)C[C@@H](c1ccncc1)C1(C(F)(F)F)CC1.S.S.S.S.S.S. The van der Waals surface area contributed by atoms with Crippen LogP contribution in [-0.4, -0.2) is 197 Å². The molecule has 6 heterocycles. The Morgan fingerprint density at radius 2 is 0.762 bits per heavy atom. The number of hydrogen-bond acceptors (Lipinski definition) is 17. The van der Waals surface area contributed by atoms with Gasteiger partial charge in [-0.3, -0.25) is 34.4 Å². The van der Waals surface area contributed by atoms with Crippen LogP contribution in [0.15, 0.2) is 205 Å². The van der Waals surface area contributed by atoms with Gasteiger partial charge in [0.1, 0.15) is 0 Å². The number of nitrogens with two attached hydrogens (primary N) is 1. The van der Waals surface area contributed by atoms with Gasteiger partial charge in [0, 0.05) is 122 Å². The second-order valence-electron chi connectivity index (χ2n) is 32.0. The van der Waals surface area contributed by atoms with Crippen molar-refractivity contribution in [3.63, 3.8) is 0 Å². The molecule has 6 aromatic heterocycles. The molecule has 0 saturated heterocycles. The number of carboxylic acids is 1. The summed E-state index contributed by atoms with van der Waals surface area (Å²) in [4.78, 5) is 54.6. The van der Waals surface area contributed by atoms with Gasteiger partial charge in [-0.15, -0.1) is 0 Å². The molecule has 23 nitrogen and oxygen atoms in total. The maximum atomic E-state index is 14.0. The summed E-state index contributed by atoms with van der Waals surface area (Å²) >= 11 is 0. The number of aromatic amines is 1. The van der Waals surface area contributed by atoms with Crippen molar-refractivity contribution in [3.05, 3.63) is 240 Å². The van der Waals surface area contributed by atoms with E-state index in [2.05, 4.69) is 56.9 Å². The van der Waals surface area contributed by atoms with Gasteiger partial charge in [0.15, 0.2) is 0 Å². The average Bonchev–Trinajstić information content (AvgIpc) is 1.58. The molecular weight excluding hydrogens is 1800 g/mol. The highest BCUT2D eigenvalue weighted by Crippen LogP contribution is 2.68. The van der Waals surface area contributed by atoms with Crippen molar-refractivity contribution >= 4 is 152 Å². The van der Waals surface area contributed by atoms with Gasteiger partial charge in [-0.25, -0.2) is 0 Å². The summed E-state index contributed by atoms with van der Waals surface area (Å²) in [6.07, 6.45) is 1.49. The minimum absolute atomic E-state index is 0. The van der Waals surface area contributed by atoms with E-state index in [4.69, 9.17) is 10.8 Å². The van der Waals surface area contributed by atoms with Gasteiger partial charge in [0.2, 0.25) is 11.8 Å². The predicted molar refractivity (Wildman–Crippen MR) is 500 cm³/mol. The van der Waals surface area contributed by atoms with Crippen molar-refractivity contribution < 1.29 is 75.8 Å². The number of carbonyl (C=O) groups is 3. The first kappa shape index (κ1) is 108. The Morgan fingerprint density at radius 3 is 1.06 bits per heavy atom. The molecule has 0 bridgehead atoms. The third kappa shape index (κ3) is 25.8. The Balaban J connectivity index is 0.000000305. The van der Waals surface area contributed by atoms with Crippen LogP contribution in [0.5, 0.6) is 0 Å². The molecule has 0 unspecified atom stereocenters. The zero-order valence-corrected chi connectivity index (χ0v) is 78.2. The second-order valence-corrected chi connectivity index (χ2v) is 35.5. The highest BCUT2D eigenvalue weighted by molar-refractivity contribution is 7.90. The van der Waals surface area contributed by atoms with Crippen molar-refractivity contribution in [2.75, 3.05) is 61.9 Å². The predicted octanol–water partition coefficient (Wildman–Crippen LogP) is 14.8. The van der Waals surface area contributed by atoms with Crippen LogP contribution in [-0.2, 0) is 53.7 Å². The molecule has 688 valence electrons. The maximum absolute atomic E-state index is 14.0. The molecule has 0 radical (unpaired) electrons. The van der Waals surface area contributed by atoms with E-state index < -0.39 is 90.9 Å². The number of hydrogen-bond donors (Lipinski definition) is 5. The molecule has 2 amide bonds. The lowest BCUT2D eigenvalue weighted by Crippen LogP contribution is -2.42. The van der Waals surface area contributed by atoms with Gasteiger partial charge in [-0.05, 0) is 244 Å². The molecule has 40 heteroatoms. The van der Waals surface area contributed by atoms with Crippen LogP contribution < -0.4 is 16.4 Å². The highest BCUT2D eigenvalue weighted by Gasteiger charge is 2.69. The number of alkyl halides is 9. The first-order valence-corrected chi connectivity index (χ1v) is 41.9. The fraction of sp³-hybridized carbons (Fsp3) is 0.407. The number of aromatic nitrogens is 9. The third-order valence-corrected chi connectivity index (χ3v) is 26.5. The number of carbonyl (C=O) groups excluding carboxylic acids is 2. The lowest BCUT2D eigenvalue weighted by Gasteiger charge is -2.30. The minimum Gasteiger partial charge on any atom is -0.481 e. The van der Waals surface area contributed by atoms with Crippen LogP contribution in [0.4, 0.5) is 39.5 Å². The number of halogens is 9. The van der Waals surface area contributed by atoms with E-state index in [1.54, 1.807) is 91.3 Å². The van der Waals surface area contributed by atoms with Crippen LogP contribution in [0.1, 0.15) is 120 Å². The molecule has 6 N–H and O–H groups in total. The quantitative estimate of drug-likeness (QED) is 0.0261. The molecule has 3 aliphatic carbocycles. The molecule has 6 atom stereocenters. The summed E-state index contributed by atoms with van der Waals surface area (Å²) < 4.78 is 177. The number of H-pyrrole nitrogens is 1. The maximum Gasteiger partial charge on any atom is 0.395 e. The summed E-state index contributed by atoms with van der Waals surface area (Å²) in [6.45, 7) is 4.93. The van der Waals surface area contributed by atoms with E-state index in [0.29, 0.717) is 59.0 Å². The molecule has 3 aliphatic rings. The van der Waals surface area contributed by atoms with E-state index in [9.17, 15) is 70.7 Å². The van der Waals surface area contributed by atoms with Gasteiger partial charge in [-0.1, -0.05) is 53.6 Å². The van der Waals surface area contributed by atoms with Gasteiger partial charge < -0.3 is 36.2 Å². The standard InChI is InChI=1S/C31H34F3N5O3S.C24H28F3N5O.C19H24N4O2S.C12H12F3NO2.6H2S/c1-21-4-7-26(8-5-21)43(41,42)39-28-9-6-22(16-24(28)19-37-39)17-25(38(2)3)20-36-29(40)18-27(23-10-14-35-15-11-23)30(12-13-30)31(32,33)34;1-32(2)19(12-16-3-4-21-18(11-16)14-30-31-21)15-29-22(33)13-20(17-5-9-28-10-6-17)23(7-8-23)24(25,26)27;1-14-4-7-18(8-5-14)26(24,25)23-19-9-6-15(10-16(19)13-21-23)11-17(12-20)22(2)3;13-12(14,15)11(3-4-11)9(7-10(17)18)8-1-5-16-6-2-8;;;;;;/h4-11,14-16,19,25,27H,12-13,17-18,20H2,1-3H3,(H,36,40);3-6,9-11,14,19-20H,7-8,12-13,15H2,1-2H3,(H,29,33)(H,30,31);4-10,13,17H,11-12,20H2,1-3H3;1-2,5-6,9H,3-4,7H2,(H,17,18);6*1H2/t25-,27-;19-,20-;17-;9-;;;;;;/m0000....../s1. The summed E-state index contributed by atoms with van der Waals surface area (Å²) in [5.74, 6) is -4.96. The Hall–Kier alpha value is -8.42. The Bertz CT molecular complexity index is 5580. The first-order valence-electron chi connectivity index (χ1n) is 39.0. The van der Waals surface area contributed by atoms with Crippen LogP contribution in [0.25, 0.3) is 32.7 Å². The molecular formula is C86H110F9N15O8S8. The third-order valence-electron chi connectivity index (χ3n) is 23.3. The Labute approximate surface area is 769 Å². The fourth-order valence-electron chi connectivity index (χ4n) is 15.4. The number of aliphatic carboxylic acids is 1. The van der Waals surface area contributed by atoms with Gasteiger partial charge >= 0.3 is 24.5 Å². The molecule has 0 aliphatic heterocycles. The van der Waals surface area contributed by atoms with Crippen molar-refractivity contribution in [1.29, 1.82) is 0 Å². The van der Waals surface area contributed by atoms with E-state index >= 15 is 0 Å². The number of fused-ring (bicyclic) bond motifs is 3. The number of nitrogens with zero attached hydrogens (tertiary/aromatic N) is 11. The van der Waals surface area contributed by atoms with Crippen LogP contribution in [0.3, 0.4) is 0 Å². The fourth-order valence-corrected chi connectivity index (χ4v) is 17.9. The van der Waals surface area contributed by atoms with E-state index in [1.165, 1.54) is 55.5 Å². The van der Waals surface area contributed by atoms with E-state index in [0.717, 1.165) is 58.7 Å². The van der Waals surface area contributed by atoms with Gasteiger partial charge in [0.05, 0.1) is 67.6 Å². The summed E-state index contributed by atoms with van der Waals surface area (Å²) in [5.41, 5.74) is 8.63. The minimum atomic E-state index is -4.40. The monoisotopic (exact) mass is 1910 g/mol. The van der Waals surface area contributed by atoms with Crippen LogP contribution >= 0.6 is 81.0 Å². The molecule has 11 aromatic rings. The van der Waals surface area contributed by atoms with Crippen molar-refractivity contribution in [2.45, 2.75) is 155 Å².